The number of aliphatic imine (C=N–C) groups is 1. The molecule has 8 nitrogen and oxygen atoms in total. The number of nitrogen functional groups attached to an aromatic ring is 1. The molecule has 0 atom stereocenters. The predicted octanol–water partition coefficient (Wildman–Crippen LogP) is 3.15. The van der Waals surface area contributed by atoms with Gasteiger partial charge in [-0.05, 0) is 47.9 Å². The van der Waals surface area contributed by atoms with Gasteiger partial charge < -0.3 is 22.6 Å². The van der Waals surface area contributed by atoms with Crippen molar-refractivity contribution in [1.29, 1.82) is 5.41 Å². The minimum absolute atomic E-state index is 0.169. The van der Waals surface area contributed by atoms with Gasteiger partial charge in [-0.2, -0.15) is 5.10 Å². The molecule has 2 aromatic carbocycles. The summed E-state index contributed by atoms with van der Waals surface area (Å²) in [6, 6.07) is 17.3. The summed E-state index contributed by atoms with van der Waals surface area (Å²) in [5.74, 6) is 5.85. The highest BCUT2D eigenvalue weighted by molar-refractivity contribution is 6.15. The van der Waals surface area contributed by atoms with Crippen molar-refractivity contribution in [3.63, 3.8) is 0 Å². The van der Waals surface area contributed by atoms with Gasteiger partial charge in [0.25, 0.3) is 0 Å². The van der Waals surface area contributed by atoms with Gasteiger partial charge in [0.15, 0.2) is 5.84 Å². The molecule has 0 fully saturated rings. The van der Waals surface area contributed by atoms with Gasteiger partial charge in [-0.1, -0.05) is 36.4 Å². The summed E-state index contributed by atoms with van der Waals surface area (Å²) in [6.07, 6.45) is 6.92. The number of pyridine rings is 1. The van der Waals surface area contributed by atoms with Crippen LogP contribution in [0, 0.1) is 5.41 Å². The smallest absolute Gasteiger partial charge is 0.161 e. The maximum absolute atomic E-state index is 8.62. The minimum atomic E-state index is 0.169. The normalized spacial score (nSPS) is 12.3. The van der Waals surface area contributed by atoms with Gasteiger partial charge in [0.1, 0.15) is 0 Å². The quantitative estimate of drug-likeness (QED) is 0.120. The van der Waals surface area contributed by atoms with E-state index in [0.717, 1.165) is 22.3 Å². The van der Waals surface area contributed by atoms with Gasteiger partial charge in [0.2, 0.25) is 0 Å². The van der Waals surface area contributed by atoms with E-state index in [1.807, 2.05) is 55.5 Å². The Morgan fingerprint density at radius 1 is 1.12 bits per heavy atom. The summed E-state index contributed by atoms with van der Waals surface area (Å²) in [4.78, 5) is 8.24. The van der Waals surface area contributed by atoms with Crippen molar-refractivity contribution in [2.45, 2.75) is 13.5 Å². The summed E-state index contributed by atoms with van der Waals surface area (Å²) in [5.41, 5.74) is 17.8. The topological polar surface area (TPSA) is 152 Å². The fraction of sp³-hybridized carbons (Fsp3) is 0.120. The maximum Gasteiger partial charge on any atom is 0.161 e. The fourth-order valence-corrected chi connectivity index (χ4v) is 3.28. The molecule has 168 valence electrons. The van der Waals surface area contributed by atoms with Crippen LogP contribution in [0.5, 0.6) is 0 Å². The highest BCUT2D eigenvalue weighted by Gasteiger charge is 2.11. The molecule has 0 aliphatic heterocycles. The summed E-state index contributed by atoms with van der Waals surface area (Å²) in [5, 5.41) is 15.5. The number of amidine groups is 1. The van der Waals surface area contributed by atoms with E-state index in [0.29, 0.717) is 35.9 Å². The number of allylic oxidation sites excluding steroid dienone is 1. The number of hydrogen-bond acceptors (Lipinski definition) is 7. The Bertz CT molecular complexity index is 1200. The van der Waals surface area contributed by atoms with Crippen molar-refractivity contribution in [3.05, 3.63) is 89.4 Å². The lowest BCUT2D eigenvalue weighted by molar-refractivity contribution is 0.771. The van der Waals surface area contributed by atoms with Crippen LogP contribution in [0.25, 0.3) is 17.2 Å². The van der Waals surface area contributed by atoms with E-state index in [-0.39, 0.29) is 5.71 Å². The molecular formula is C25H28N8. The molecule has 0 saturated carbocycles. The van der Waals surface area contributed by atoms with Gasteiger partial charge in [0, 0.05) is 42.0 Å². The van der Waals surface area contributed by atoms with Crippen molar-refractivity contribution in [1.82, 2.24) is 10.3 Å². The summed E-state index contributed by atoms with van der Waals surface area (Å²) >= 11 is 0. The number of aromatic nitrogens is 1. The Kier molecular flexibility index (Phi) is 8.04. The van der Waals surface area contributed by atoms with Crippen LogP contribution < -0.4 is 22.6 Å². The van der Waals surface area contributed by atoms with Crippen LogP contribution in [0.15, 0.2) is 82.8 Å². The zero-order valence-electron chi connectivity index (χ0n) is 18.5. The first-order valence-electron chi connectivity index (χ1n) is 10.4. The van der Waals surface area contributed by atoms with Gasteiger partial charge in [0.05, 0.1) is 18.0 Å². The molecule has 33 heavy (non-hydrogen) atoms. The van der Waals surface area contributed by atoms with Gasteiger partial charge in [-0.15, -0.1) is 0 Å². The number of hydrazone groups is 1. The van der Waals surface area contributed by atoms with E-state index >= 15 is 0 Å². The summed E-state index contributed by atoms with van der Waals surface area (Å²) in [7, 11) is 0. The molecule has 0 spiro atoms. The second-order valence-corrected chi connectivity index (χ2v) is 7.30. The highest BCUT2D eigenvalue weighted by Crippen LogP contribution is 2.25. The lowest BCUT2D eigenvalue weighted by atomic mass is 9.98. The zero-order chi connectivity index (χ0) is 23.6. The molecule has 8 heteroatoms. The van der Waals surface area contributed by atoms with Crippen LogP contribution >= 0.6 is 0 Å². The van der Waals surface area contributed by atoms with Crippen LogP contribution in [-0.4, -0.2) is 29.3 Å². The second kappa shape index (κ2) is 11.4. The molecule has 0 saturated heterocycles. The van der Waals surface area contributed by atoms with Crippen molar-refractivity contribution in [2.75, 3.05) is 12.3 Å². The van der Waals surface area contributed by atoms with E-state index < -0.39 is 0 Å². The minimum Gasteiger partial charge on any atom is -0.398 e. The summed E-state index contributed by atoms with van der Waals surface area (Å²) < 4.78 is 0. The second-order valence-electron chi connectivity index (χ2n) is 7.30. The average molecular weight is 441 g/mol. The number of rotatable bonds is 8. The molecule has 0 amide bonds. The molecule has 0 bridgehead atoms. The van der Waals surface area contributed by atoms with E-state index in [1.165, 1.54) is 0 Å². The van der Waals surface area contributed by atoms with Crippen molar-refractivity contribution in [2.24, 2.45) is 21.7 Å². The Morgan fingerprint density at radius 3 is 2.70 bits per heavy atom. The van der Waals surface area contributed by atoms with Gasteiger partial charge in [-0.25, -0.2) is 4.99 Å². The number of nitrogens with one attached hydrogen (secondary N) is 2. The average Bonchev–Trinajstić information content (AvgIpc) is 2.84. The van der Waals surface area contributed by atoms with Crippen LogP contribution in [0.2, 0.25) is 0 Å². The molecule has 0 radical (unpaired) electrons. The molecule has 1 aromatic heterocycles. The molecule has 3 rings (SSSR count). The van der Waals surface area contributed by atoms with Gasteiger partial charge >= 0.3 is 0 Å². The molecule has 1 heterocycles. The number of hydrogen-bond donors (Lipinski definition) is 5. The van der Waals surface area contributed by atoms with Crippen molar-refractivity contribution < 1.29 is 0 Å². The van der Waals surface area contributed by atoms with Crippen LogP contribution in [0.3, 0.4) is 0 Å². The monoisotopic (exact) mass is 440 g/mol. The molecule has 0 aliphatic carbocycles. The first-order chi connectivity index (χ1) is 16.0. The van der Waals surface area contributed by atoms with E-state index in [2.05, 4.69) is 20.4 Å². The Labute approximate surface area is 193 Å². The lowest BCUT2D eigenvalue weighted by Gasteiger charge is -2.11. The lowest BCUT2D eigenvalue weighted by Crippen LogP contribution is -2.22. The van der Waals surface area contributed by atoms with E-state index in [4.69, 9.17) is 22.7 Å². The molecule has 0 aliphatic rings. The summed E-state index contributed by atoms with van der Waals surface area (Å²) in [6.45, 7) is 2.88. The van der Waals surface area contributed by atoms with E-state index in [1.54, 1.807) is 30.8 Å². The first-order valence-corrected chi connectivity index (χ1v) is 10.4. The van der Waals surface area contributed by atoms with E-state index in [9.17, 15) is 0 Å². The van der Waals surface area contributed by atoms with Crippen molar-refractivity contribution >= 4 is 29.5 Å². The maximum atomic E-state index is 8.62. The first kappa shape index (κ1) is 23.4. The Hall–Kier alpha value is -4.30. The highest BCUT2D eigenvalue weighted by atomic mass is 15.2. The van der Waals surface area contributed by atoms with Crippen molar-refractivity contribution in [3.8, 4) is 11.1 Å². The number of nitrogens with zero attached hydrogens (tertiary/aromatic N) is 3. The molecular weight excluding hydrogens is 412 g/mol. The fourth-order valence-electron chi connectivity index (χ4n) is 3.28. The Balaban J connectivity index is 1.75. The standard InChI is InChI=1S/C25H28N8/c1-2-32-24(33-29)16-31-14-18-6-3-5-17(11-18)12-23(27)25(28)21-13-19(8-9-22(21)26)20-7-4-10-30-15-20/h2-13,15,28,31H,14,16,26-27,29H2,1H3/b23-12-,28-25?,32-2?,33-24-. The van der Waals surface area contributed by atoms with Crippen LogP contribution in [-0.2, 0) is 6.54 Å². The molecule has 8 N–H and O–H groups in total. The number of anilines is 1. The molecule has 3 aromatic rings. The molecule has 0 unspecified atom stereocenters. The third kappa shape index (κ3) is 6.34. The van der Waals surface area contributed by atoms with Crippen LogP contribution in [0.1, 0.15) is 23.6 Å². The number of nitrogens with two attached hydrogens (primary N) is 3. The third-order valence-electron chi connectivity index (χ3n) is 4.92. The SMILES string of the molecule is CC=N/C(CNCc1cccc(/C=C(\N)C(=N)c2cc(-c3cccnc3)ccc2N)c1)=N\N. The van der Waals surface area contributed by atoms with Crippen LogP contribution in [0.4, 0.5) is 5.69 Å². The van der Waals surface area contributed by atoms with Gasteiger partial charge in [-0.3, -0.25) is 10.4 Å². The Morgan fingerprint density at radius 2 is 1.97 bits per heavy atom. The zero-order valence-corrected chi connectivity index (χ0v) is 18.5. The number of benzene rings is 2. The third-order valence-corrected chi connectivity index (χ3v) is 4.92. The largest absolute Gasteiger partial charge is 0.398 e. The predicted molar refractivity (Wildman–Crippen MR) is 137 cm³/mol.